The molecule has 10 heteroatoms. The summed E-state index contributed by atoms with van der Waals surface area (Å²) in [6.07, 6.45) is -2.30. The minimum Gasteiger partial charge on any atom is -0.349 e. The van der Waals surface area contributed by atoms with Crippen LogP contribution in [0.1, 0.15) is 21.9 Å². The molecule has 0 spiro atoms. The van der Waals surface area contributed by atoms with E-state index in [1.54, 1.807) is 24.4 Å². The third-order valence-electron chi connectivity index (χ3n) is 4.36. The van der Waals surface area contributed by atoms with E-state index in [1.165, 1.54) is 28.2 Å². The number of halogens is 3. The Balaban J connectivity index is 1.61. The fourth-order valence-corrected chi connectivity index (χ4v) is 3.60. The molecule has 0 aliphatic rings. The van der Waals surface area contributed by atoms with Crippen molar-refractivity contribution in [3.63, 3.8) is 0 Å². The molecule has 0 aliphatic carbocycles. The van der Waals surface area contributed by atoms with Crippen molar-refractivity contribution in [1.29, 1.82) is 0 Å². The first kappa shape index (κ1) is 20.7. The molecule has 31 heavy (non-hydrogen) atoms. The Bertz CT molecular complexity index is 1170. The van der Waals surface area contributed by atoms with Crippen LogP contribution < -0.4 is 5.32 Å². The number of thiophene rings is 1. The average molecular weight is 443 g/mol. The molecule has 0 saturated heterocycles. The zero-order valence-corrected chi connectivity index (χ0v) is 16.8. The third-order valence-corrected chi connectivity index (χ3v) is 5.23. The Labute approximate surface area is 179 Å². The van der Waals surface area contributed by atoms with Crippen LogP contribution in [0.2, 0.25) is 0 Å². The van der Waals surface area contributed by atoms with Gasteiger partial charge in [-0.3, -0.25) is 9.78 Å². The molecule has 1 aromatic carbocycles. The van der Waals surface area contributed by atoms with Crippen molar-refractivity contribution < 1.29 is 18.0 Å². The van der Waals surface area contributed by atoms with E-state index in [0.29, 0.717) is 23.7 Å². The molecule has 4 rings (SSSR count). The van der Waals surface area contributed by atoms with Gasteiger partial charge in [-0.1, -0.05) is 18.2 Å². The van der Waals surface area contributed by atoms with Gasteiger partial charge in [0.15, 0.2) is 5.82 Å². The maximum atomic E-state index is 13.2. The van der Waals surface area contributed by atoms with Crippen molar-refractivity contribution in [1.82, 2.24) is 25.1 Å². The molecule has 1 N–H and O–H groups in total. The van der Waals surface area contributed by atoms with Gasteiger partial charge in [0.2, 0.25) is 5.82 Å². The fraction of sp³-hybridized carbons (Fsp3) is 0.143. The van der Waals surface area contributed by atoms with Gasteiger partial charge >= 0.3 is 6.18 Å². The molecular formula is C21H16F3N5OS. The number of nitrogens with one attached hydrogen (secondary N) is 1. The topological polar surface area (TPSA) is 72.7 Å². The molecule has 0 saturated carbocycles. The van der Waals surface area contributed by atoms with Crippen LogP contribution in [-0.4, -0.2) is 32.2 Å². The number of hydrogen-bond acceptors (Lipinski definition) is 5. The standard InChI is InChI=1S/C21H16F3N5OS/c22-21(23,24)14-5-3-7-16(13-14)29-19(17-8-4-12-31-17)27-18(28-29)20(30)26-11-9-15-6-1-2-10-25-15/h1-8,10,12-13H,9,11H2,(H,26,30). The first-order valence-corrected chi connectivity index (χ1v) is 10.2. The van der Waals surface area contributed by atoms with Crippen LogP contribution in [0, 0.1) is 0 Å². The number of pyridine rings is 1. The minimum absolute atomic E-state index is 0.123. The highest BCUT2D eigenvalue weighted by atomic mass is 32.1. The number of rotatable bonds is 6. The maximum absolute atomic E-state index is 13.2. The molecule has 0 unspecified atom stereocenters. The van der Waals surface area contributed by atoms with Gasteiger partial charge in [-0.15, -0.1) is 16.4 Å². The molecular weight excluding hydrogens is 427 g/mol. The van der Waals surface area contributed by atoms with Crippen molar-refractivity contribution in [2.24, 2.45) is 0 Å². The minimum atomic E-state index is -4.49. The summed E-state index contributed by atoms with van der Waals surface area (Å²) in [6, 6.07) is 13.8. The van der Waals surface area contributed by atoms with E-state index in [-0.39, 0.29) is 11.5 Å². The first-order valence-electron chi connectivity index (χ1n) is 9.28. The van der Waals surface area contributed by atoms with Crippen molar-refractivity contribution in [3.8, 4) is 16.4 Å². The van der Waals surface area contributed by atoms with E-state index in [9.17, 15) is 18.0 Å². The van der Waals surface area contributed by atoms with Gasteiger partial charge in [-0.25, -0.2) is 9.67 Å². The largest absolute Gasteiger partial charge is 0.416 e. The predicted molar refractivity (Wildman–Crippen MR) is 110 cm³/mol. The SMILES string of the molecule is O=C(NCCc1ccccn1)c1nc(-c2cccs2)n(-c2cccc(C(F)(F)F)c2)n1. The van der Waals surface area contributed by atoms with Crippen LogP contribution >= 0.6 is 11.3 Å². The van der Waals surface area contributed by atoms with Gasteiger partial charge in [-0.05, 0) is 41.8 Å². The molecule has 3 heterocycles. The zero-order valence-electron chi connectivity index (χ0n) is 16.0. The molecule has 0 bridgehead atoms. The lowest BCUT2D eigenvalue weighted by Crippen LogP contribution is -2.27. The van der Waals surface area contributed by atoms with Crippen LogP contribution in [0.25, 0.3) is 16.4 Å². The lowest BCUT2D eigenvalue weighted by atomic mass is 10.2. The monoisotopic (exact) mass is 443 g/mol. The Morgan fingerprint density at radius 1 is 1.10 bits per heavy atom. The third kappa shape index (κ3) is 4.80. The van der Waals surface area contributed by atoms with Crippen LogP contribution in [-0.2, 0) is 12.6 Å². The number of benzene rings is 1. The Kier molecular flexibility index (Phi) is 5.81. The number of hydrogen-bond donors (Lipinski definition) is 1. The van der Waals surface area contributed by atoms with E-state index >= 15 is 0 Å². The number of aromatic nitrogens is 4. The van der Waals surface area contributed by atoms with Gasteiger partial charge < -0.3 is 5.32 Å². The molecule has 4 aromatic rings. The van der Waals surface area contributed by atoms with E-state index in [0.717, 1.165) is 17.8 Å². The van der Waals surface area contributed by atoms with Crippen molar-refractivity contribution in [2.45, 2.75) is 12.6 Å². The lowest BCUT2D eigenvalue weighted by Gasteiger charge is -2.09. The molecule has 0 fully saturated rings. The van der Waals surface area contributed by atoms with Gasteiger partial charge in [0, 0.05) is 24.9 Å². The van der Waals surface area contributed by atoms with E-state index in [1.807, 2.05) is 17.5 Å². The second kappa shape index (κ2) is 8.68. The number of carbonyl (C=O) groups is 1. The number of carbonyl (C=O) groups excluding carboxylic acids is 1. The Hall–Kier alpha value is -3.53. The van der Waals surface area contributed by atoms with Crippen molar-refractivity contribution in [2.75, 3.05) is 6.54 Å². The number of nitrogens with zero attached hydrogens (tertiary/aromatic N) is 4. The molecule has 0 atom stereocenters. The number of alkyl halides is 3. The molecule has 0 aliphatic heterocycles. The quantitative estimate of drug-likeness (QED) is 0.480. The normalized spacial score (nSPS) is 11.5. The van der Waals surface area contributed by atoms with Crippen LogP contribution in [0.5, 0.6) is 0 Å². The summed E-state index contributed by atoms with van der Waals surface area (Å²) in [5, 5.41) is 8.74. The Morgan fingerprint density at radius 2 is 1.97 bits per heavy atom. The van der Waals surface area contributed by atoms with Gasteiger partial charge in [0.05, 0.1) is 16.1 Å². The highest BCUT2D eigenvalue weighted by molar-refractivity contribution is 7.13. The smallest absolute Gasteiger partial charge is 0.349 e. The van der Waals surface area contributed by atoms with E-state index < -0.39 is 17.6 Å². The fourth-order valence-electron chi connectivity index (χ4n) is 2.90. The summed E-state index contributed by atoms with van der Waals surface area (Å²) >= 11 is 1.35. The highest BCUT2D eigenvalue weighted by Gasteiger charge is 2.31. The van der Waals surface area contributed by atoms with E-state index in [2.05, 4.69) is 20.4 Å². The summed E-state index contributed by atoms with van der Waals surface area (Å²) in [6.45, 7) is 0.322. The van der Waals surface area contributed by atoms with Crippen LogP contribution in [0.15, 0.2) is 66.2 Å². The van der Waals surface area contributed by atoms with Crippen LogP contribution in [0.4, 0.5) is 13.2 Å². The first-order chi connectivity index (χ1) is 14.9. The molecule has 1 amide bonds. The van der Waals surface area contributed by atoms with E-state index in [4.69, 9.17) is 0 Å². The highest BCUT2D eigenvalue weighted by Crippen LogP contribution is 2.32. The molecule has 3 aromatic heterocycles. The predicted octanol–water partition coefficient (Wildman–Crippen LogP) is 4.38. The van der Waals surface area contributed by atoms with Gasteiger partial charge in [0.1, 0.15) is 0 Å². The average Bonchev–Trinajstić information content (AvgIpc) is 3.44. The second-order valence-corrected chi connectivity index (χ2v) is 7.47. The van der Waals surface area contributed by atoms with Gasteiger partial charge in [0.25, 0.3) is 5.91 Å². The summed E-state index contributed by atoms with van der Waals surface area (Å²) in [5.41, 5.74) is 0.182. The van der Waals surface area contributed by atoms with Gasteiger partial charge in [-0.2, -0.15) is 13.2 Å². The Morgan fingerprint density at radius 3 is 2.68 bits per heavy atom. The summed E-state index contributed by atoms with van der Waals surface area (Å²) < 4.78 is 40.7. The summed E-state index contributed by atoms with van der Waals surface area (Å²) in [5.74, 6) is -0.342. The maximum Gasteiger partial charge on any atom is 0.416 e. The number of amides is 1. The van der Waals surface area contributed by atoms with Crippen molar-refractivity contribution >= 4 is 17.2 Å². The lowest BCUT2D eigenvalue weighted by molar-refractivity contribution is -0.137. The molecule has 6 nitrogen and oxygen atoms in total. The summed E-state index contributed by atoms with van der Waals surface area (Å²) in [4.78, 5) is 21.7. The summed E-state index contributed by atoms with van der Waals surface area (Å²) in [7, 11) is 0. The second-order valence-electron chi connectivity index (χ2n) is 6.52. The zero-order chi connectivity index (χ0) is 21.8. The van der Waals surface area contributed by atoms with Crippen LogP contribution in [0.3, 0.4) is 0 Å². The molecule has 0 radical (unpaired) electrons. The van der Waals surface area contributed by atoms with Crippen molar-refractivity contribution in [3.05, 3.63) is 83.3 Å². The molecule has 158 valence electrons.